The van der Waals surface area contributed by atoms with Gasteiger partial charge in [-0.05, 0) is 29.7 Å². The molecule has 1 heterocycles. The first-order valence-corrected chi connectivity index (χ1v) is 6.30. The van der Waals surface area contributed by atoms with Crippen molar-refractivity contribution < 1.29 is 18.7 Å². The van der Waals surface area contributed by atoms with Gasteiger partial charge in [0.25, 0.3) is 0 Å². The Morgan fingerprint density at radius 3 is 2.74 bits per heavy atom. The number of nitrogens with zero attached hydrogens (tertiary/aromatic N) is 1. The summed E-state index contributed by atoms with van der Waals surface area (Å²) in [4.78, 5) is 11.6. The lowest BCUT2D eigenvalue weighted by molar-refractivity contribution is 0.0606. The van der Waals surface area contributed by atoms with Crippen LogP contribution in [0.4, 0.5) is 4.39 Å². The van der Waals surface area contributed by atoms with Crippen LogP contribution in [-0.2, 0) is 4.74 Å². The molecule has 0 spiro atoms. The average Bonchev–Trinajstić information content (AvgIpc) is 2.87. The number of halogens is 2. The molecule has 4 nitrogen and oxygen atoms in total. The van der Waals surface area contributed by atoms with Gasteiger partial charge in [0.15, 0.2) is 0 Å². The maximum atomic E-state index is 13.9. The maximum Gasteiger partial charge on any atom is 0.349 e. The molecule has 0 amide bonds. The van der Waals surface area contributed by atoms with E-state index in [1.54, 1.807) is 0 Å². The van der Waals surface area contributed by atoms with Crippen molar-refractivity contribution in [1.29, 1.82) is 0 Å². The van der Waals surface area contributed by atoms with Crippen molar-refractivity contribution in [2.24, 2.45) is 0 Å². The average molecular weight is 302 g/mol. The quantitative estimate of drug-likeness (QED) is 0.815. The predicted molar refractivity (Wildman–Crippen MR) is 70.4 cm³/mol. The van der Waals surface area contributed by atoms with E-state index in [1.165, 1.54) is 26.4 Å². The third-order valence-electron chi connectivity index (χ3n) is 2.41. The number of hydrogen-bond donors (Lipinski definition) is 0. The minimum atomic E-state index is -0.535. The molecule has 1 aromatic carbocycles. The second-order valence-corrected chi connectivity index (χ2v) is 4.75. The molecule has 7 heteroatoms. The van der Waals surface area contributed by atoms with E-state index in [4.69, 9.17) is 16.3 Å². The molecule has 0 N–H and O–H groups in total. The minimum Gasteiger partial charge on any atom is -0.495 e. The van der Waals surface area contributed by atoms with Crippen molar-refractivity contribution in [2.45, 2.75) is 0 Å². The number of carbonyl (C=O) groups is 1. The molecule has 100 valence electrons. The molecule has 19 heavy (non-hydrogen) atoms. The fraction of sp³-hybridized carbons (Fsp3) is 0.167. The molecule has 0 unspecified atom stereocenters. The Balaban J connectivity index is 2.47. The number of benzene rings is 1. The Kier molecular flexibility index (Phi) is 4.01. The molecule has 0 fully saturated rings. The molecule has 0 radical (unpaired) electrons. The van der Waals surface area contributed by atoms with Crippen molar-refractivity contribution in [2.75, 3.05) is 14.2 Å². The summed E-state index contributed by atoms with van der Waals surface area (Å²) in [6, 6.07) is 4.04. The molecule has 0 aliphatic heterocycles. The summed E-state index contributed by atoms with van der Waals surface area (Å²) in [7, 11) is 2.71. The van der Waals surface area contributed by atoms with Crippen LogP contribution in [0.5, 0.6) is 5.75 Å². The van der Waals surface area contributed by atoms with Crippen LogP contribution < -0.4 is 4.74 Å². The molecule has 2 rings (SSSR count). The van der Waals surface area contributed by atoms with Crippen molar-refractivity contribution in [3.8, 4) is 17.0 Å². The van der Waals surface area contributed by atoms with Gasteiger partial charge in [-0.2, -0.15) is 4.37 Å². The van der Waals surface area contributed by atoms with Crippen molar-refractivity contribution in [3.63, 3.8) is 0 Å². The summed E-state index contributed by atoms with van der Waals surface area (Å²) in [5.74, 6) is -0.705. The van der Waals surface area contributed by atoms with Gasteiger partial charge in [-0.15, -0.1) is 0 Å². The first-order valence-electron chi connectivity index (χ1n) is 5.15. The molecule has 2 aromatic rings. The van der Waals surface area contributed by atoms with Crippen LogP contribution in [0.3, 0.4) is 0 Å². The van der Waals surface area contributed by atoms with Crippen LogP contribution in [0.15, 0.2) is 18.2 Å². The number of carbonyl (C=O) groups excluding carboxylic acids is 1. The Morgan fingerprint density at radius 1 is 1.37 bits per heavy atom. The summed E-state index contributed by atoms with van der Waals surface area (Å²) in [6.07, 6.45) is 0. The summed E-state index contributed by atoms with van der Waals surface area (Å²) < 4.78 is 27.5. The topological polar surface area (TPSA) is 48.4 Å². The molecule has 0 bridgehead atoms. The van der Waals surface area contributed by atoms with Gasteiger partial charge in [-0.1, -0.05) is 11.6 Å². The number of rotatable bonds is 3. The number of hydrogen-bond acceptors (Lipinski definition) is 5. The van der Waals surface area contributed by atoms with Gasteiger partial charge >= 0.3 is 5.97 Å². The normalized spacial score (nSPS) is 10.3. The molecule has 0 atom stereocenters. The third-order valence-corrected chi connectivity index (χ3v) is 3.48. The number of esters is 1. The van der Waals surface area contributed by atoms with E-state index < -0.39 is 11.8 Å². The highest BCUT2D eigenvalue weighted by Crippen LogP contribution is 2.33. The molecular formula is C12H9ClFNO3S. The van der Waals surface area contributed by atoms with Crippen LogP contribution in [0.2, 0.25) is 5.02 Å². The van der Waals surface area contributed by atoms with Crippen LogP contribution in [-0.4, -0.2) is 24.6 Å². The van der Waals surface area contributed by atoms with Gasteiger partial charge < -0.3 is 9.47 Å². The van der Waals surface area contributed by atoms with E-state index in [-0.39, 0.29) is 10.6 Å². The van der Waals surface area contributed by atoms with Gasteiger partial charge in [-0.3, -0.25) is 0 Å². The number of aromatic nitrogens is 1. The molecule has 0 aliphatic rings. The monoisotopic (exact) mass is 301 g/mol. The lowest BCUT2D eigenvalue weighted by Gasteiger charge is -2.06. The molecule has 0 saturated heterocycles. The Bertz CT molecular complexity index is 629. The minimum absolute atomic E-state index is 0.173. The molecular weight excluding hydrogens is 293 g/mol. The van der Waals surface area contributed by atoms with E-state index in [1.807, 2.05) is 0 Å². The lowest BCUT2D eigenvalue weighted by atomic mass is 10.1. The fourth-order valence-electron chi connectivity index (χ4n) is 1.48. The summed E-state index contributed by atoms with van der Waals surface area (Å²) in [6.45, 7) is 0. The van der Waals surface area contributed by atoms with Gasteiger partial charge in [0.05, 0.1) is 24.9 Å². The second-order valence-electron chi connectivity index (χ2n) is 3.53. The first kappa shape index (κ1) is 13.8. The summed E-state index contributed by atoms with van der Waals surface area (Å²) in [5, 5.41) is 0.173. The van der Waals surface area contributed by atoms with Crippen LogP contribution in [0, 0.1) is 5.82 Å². The van der Waals surface area contributed by atoms with Gasteiger partial charge in [0, 0.05) is 5.56 Å². The Morgan fingerprint density at radius 2 is 2.11 bits per heavy atom. The summed E-state index contributed by atoms with van der Waals surface area (Å²) in [5.41, 5.74) is 0.547. The largest absolute Gasteiger partial charge is 0.495 e. The van der Waals surface area contributed by atoms with Crippen LogP contribution >= 0.6 is 23.1 Å². The highest BCUT2D eigenvalue weighted by atomic mass is 35.5. The SMILES string of the molecule is COC(=O)c1cc(-c2cc(OC)c(Cl)cc2F)ns1. The zero-order chi connectivity index (χ0) is 14.0. The zero-order valence-corrected chi connectivity index (χ0v) is 11.6. The van der Waals surface area contributed by atoms with Gasteiger partial charge in [0.1, 0.15) is 16.4 Å². The highest BCUT2D eigenvalue weighted by molar-refractivity contribution is 7.08. The molecule has 0 aliphatic carbocycles. The van der Waals surface area contributed by atoms with Gasteiger partial charge in [-0.25, -0.2) is 9.18 Å². The highest BCUT2D eigenvalue weighted by Gasteiger charge is 2.16. The molecule has 0 saturated carbocycles. The number of methoxy groups -OCH3 is 2. The number of ether oxygens (including phenoxy) is 2. The van der Waals surface area contributed by atoms with Crippen molar-refractivity contribution in [1.82, 2.24) is 4.37 Å². The van der Waals surface area contributed by atoms with Crippen molar-refractivity contribution >= 4 is 29.1 Å². The Hall–Kier alpha value is -1.66. The zero-order valence-electron chi connectivity index (χ0n) is 10.1. The summed E-state index contributed by atoms with van der Waals surface area (Å²) >= 11 is 6.75. The maximum absolute atomic E-state index is 13.9. The van der Waals surface area contributed by atoms with E-state index in [2.05, 4.69) is 9.11 Å². The van der Waals surface area contributed by atoms with Crippen molar-refractivity contribution in [3.05, 3.63) is 33.9 Å². The molecule has 1 aromatic heterocycles. The van der Waals surface area contributed by atoms with E-state index >= 15 is 0 Å². The smallest absolute Gasteiger partial charge is 0.349 e. The first-order chi connectivity index (χ1) is 9.06. The fourth-order valence-corrected chi connectivity index (χ4v) is 2.38. The third kappa shape index (κ3) is 2.69. The van der Waals surface area contributed by atoms with E-state index in [9.17, 15) is 9.18 Å². The standard InChI is InChI=1S/C12H9ClFNO3S/c1-17-10-3-6(8(14)4-7(10)13)9-5-11(19-15-9)12(16)18-2/h3-5H,1-2H3. The second kappa shape index (κ2) is 5.54. The van der Waals surface area contributed by atoms with E-state index in [0.717, 1.165) is 17.6 Å². The predicted octanol–water partition coefficient (Wildman–Crippen LogP) is 3.40. The van der Waals surface area contributed by atoms with Gasteiger partial charge in [0.2, 0.25) is 0 Å². The van der Waals surface area contributed by atoms with Crippen LogP contribution in [0.25, 0.3) is 11.3 Å². The van der Waals surface area contributed by atoms with E-state index in [0.29, 0.717) is 16.3 Å². The Labute approximate surface area is 117 Å². The van der Waals surface area contributed by atoms with Crippen LogP contribution in [0.1, 0.15) is 9.67 Å². The lowest BCUT2D eigenvalue weighted by Crippen LogP contribution is -1.97.